The van der Waals surface area contributed by atoms with Gasteiger partial charge in [0.05, 0.1) is 12.0 Å². The number of benzene rings is 1. The van der Waals surface area contributed by atoms with Crippen molar-refractivity contribution >= 4 is 11.6 Å². The third kappa shape index (κ3) is 3.59. The normalized spacial score (nSPS) is 10.8. The van der Waals surface area contributed by atoms with E-state index in [9.17, 15) is 0 Å². The van der Waals surface area contributed by atoms with Gasteiger partial charge in [0.25, 0.3) is 0 Å². The Hall–Kier alpha value is -1.32. The van der Waals surface area contributed by atoms with Gasteiger partial charge in [-0.2, -0.15) is 0 Å². The molecular weight excluding hydrogens is 246 g/mol. The highest BCUT2D eigenvalue weighted by molar-refractivity contribution is 6.30. The Balaban J connectivity index is 2.00. The maximum absolute atomic E-state index is 5.88. The van der Waals surface area contributed by atoms with Crippen LogP contribution in [0.5, 0.6) is 0 Å². The Labute approximate surface area is 113 Å². The molecule has 0 radical (unpaired) electrons. The summed E-state index contributed by atoms with van der Waals surface area (Å²) < 4.78 is 2.16. The molecule has 18 heavy (non-hydrogen) atoms. The summed E-state index contributed by atoms with van der Waals surface area (Å²) >= 11 is 5.88. The second-order valence-electron chi connectivity index (χ2n) is 4.32. The molecule has 0 spiro atoms. The molecule has 0 fully saturated rings. The summed E-state index contributed by atoms with van der Waals surface area (Å²) in [5.74, 6) is 0. The number of halogens is 1. The maximum Gasteiger partial charge on any atom is 0.0951 e. The Morgan fingerprint density at radius 3 is 2.78 bits per heavy atom. The van der Waals surface area contributed by atoms with Gasteiger partial charge in [-0.05, 0) is 30.7 Å². The van der Waals surface area contributed by atoms with Crippen molar-refractivity contribution in [2.45, 2.75) is 26.4 Å². The van der Waals surface area contributed by atoms with Gasteiger partial charge in [-0.3, -0.25) is 0 Å². The van der Waals surface area contributed by atoms with Gasteiger partial charge in [-0.1, -0.05) is 30.7 Å². The van der Waals surface area contributed by atoms with E-state index in [-0.39, 0.29) is 0 Å². The van der Waals surface area contributed by atoms with E-state index < -0.39 is 0 Å². The van der Waals surface area contributed by atoms with E-state index in [0.29, 0.717) is 0 Å². The highest BCUT2D eigenvalue weighted by atomic mass is 35.5. The number of nitrogens with one attached hydrogen (secondary N) is 1. The molecule has 0 aliphatic rings. The zero-order chi connectivity index (χ0) is 12.8. The van der Waals surface area contributed by atoms with Crippen molar-refractivity contribution in [3.05, 3.63) is 53.1 Å². The minimum Gasteiger partial charge on any atom is -0.329 e. The molecule has 0 unspecified atom stereocenters. The molecule has 96 valence electrons. The topological polar surface area (TPSA) is 29.9 Å². The Morgan fingerprint density at radius 2 is 2.06 bits per heavy atom. The Morgan fingerprint density at radius 1 is 1.28 bits per heavy atom. The molecule has 0 bridgehead atoms. The highest BCUT2D eigenvalue weighted by Gasteiger charge is 2.02. The molecule has 1 aromatic carbocycles. The van der Waals surface area contributed by atoms with Crippen molar-refractivity contribution < 1.29 is 0 Å². The van der Waals surface area contributed by atoms with Crippen LogP contribution in [0.15, 0.2) is 36.8 Å². The first kappa shape index (κ1) is 13.1. The summed E-state index contributed by atoms with van der Waals surface area (Å²) in [6, 6.07) is 7.93. The predicted molar refractivity (Wildman–Crippen MR) is 74.8 cm³/mol. The lowest BCUT2D eigenvalue weighted by molar-refractivity contribution is 0.630. The second kappa shape index (κ2) is 6.57. The van der Waals surface area contributed by atoms with Crippen LogP contribution in [0, 0.1) is 0 Å². The molecule has 0 amide bonds. The van der Waals surface area contributed by atoms with Crippen LogP contribution in [-0.2, 0) is 13.1 Å². The molecule has 4 heteroatoms. The summed E-state index contributed by atoms with van der Waals surface area (Å²) in [5.41, 5.74) is 2.44. The molecule has 2 aromatic rings. The van der Waals surface area contributed by atoms with Crippen molar-refractivity contribution in [3.8, 4) is 0 Å². The first-order valence-electron chi connectivity index (χ1n) is 6.23. The van der Waals surface area contributed by atoms with Crippen molar-refractivity contribution in [2.24, 2.45) is 0 Å². The Kier molecular flexibility index (Phi) is 4.79. The molecule has 0 aliphatic carbocycles. The fraction of sp³-hybridized carbons (Fsp3) is 0.357. The van der Waals surface area contributed by atoms with E-state index in [0.717, 1.165) is 31.1 Å². The van der Waals surface area contributed by atoms with E-state index in [1.165, 1.54) is 11.3 Å². The summed E-state index contributed by atoms with van der Waals surface area (Å²) in [4.78, 5) is 4.21. The van der Waals surface area contributed by atoms with E-state index in [2.05, 4.69) is 21.8 Å². The number of imidazole rings is 1. The smallest absolute Gasteiger partial charge is 0.0951 e. The zero-order valence-corrected chi connectivity index (χ0v) is 11.3. The van der Waals surface area contributed by atoms with Crippen LogP contribution in [0.25, 0.3) is 0 Å². The van der Waals surface area contributed by atoms with Crippen LogP contribution < -0.4 is 5.32 Å². The van der Waals surface area contributed by atoms with Crippen LogP contribution in [0.3, 0.4) is 0 Å². The van der Waals surface area contributed by atoms with E-state index in [4.69, 9.17) is 11.6 Å². The van der Waals surface area contributed by atoms with Gasteiger partial charge in [0.1, 0.15) is 0 Å². The van der Waals surface area contributed by atoms with Crippen molar-refractivity contribution in [2.75, 3.05) is 6.54 Å². The number of hydrogen-bond donors (Lipinski definition) is 1. The number of nitrogens with zero attached hydrogens (tertiary/aromatic N) is 2. The van der Waals surface area contributed by atoms with Crippen LogP contribution in [0.2, 0.25) is 5.02 Å². The van der Waals surface area contributed by atoms with Crippen LogP contribution in [0.4, 0.5) is 0 Å². The molecule has 1 aromatic heterocycles. The van der Waals surface area contributed by atoms with Crippen molar-refractivity contribution in [1.82, 2.24) is 14.9 Å². The van der Waals surface area contributed by atoms with E-state index in [1.54, 1.807) is 0 Å². The van der Waals surface area contributed by atoms with Gasteiger partial charge in [0.2, 0.25) is 0 Å². The van der Waals surface area contributed by atoms with Gasteiger partial charge < -0.3 is 9.88 Å². The highest BCUT2D eigenvalue weighted by Crippen LogP contribution is 2.11. The minimum atomic E-state index is 0.772. The largest absolute Gasteiger partial charge is 0.329 e. The molecule has 0 saturated heterocycles. The Bertz CT molecular complexity index is 476. The third-order valence-corrected chi connectivity index (χ3v) is 3.05. The van der Waals surface area contributed by atoms with Gasteiger partial charge >= 0.3 is 0 Å². The molecule has 1 N–H and O–H groups in total. The van der Waals surface area contributed by atoms with Crippen LogP contribution >= 0.6 is 11.6 Å². The number of hydrogen-bond acceptors (Lipinski definition) is 2. The van der Waals surface area contributed by atoms with Crippen molar-refractivity contribution in [1.29, 1.82) is 0 Å². The van der Waals surface area contributed by atoms with Gasteiger partial charge in [-0.15, -0.1) is 0 Å². The SMILES string of the molecule is CCCNCc1cncn1Cc1ccc(Cl)cc1. The van der Waals surface area contributed by atoms with Gasteiger partial charge in [0, 0.05) is 24.3 Å². The fourth-order valence-electron chi connectivity index (χ4n) is 1.82. The molecule has 0 atom stereocenters. The standard InChI is InChI=1S/C14H18ClN3/c1-2-7-16-8-14-9-17-11-18(14)10-12-3-5-13(15)6-4-12/h3-6,9,11,16H,2,7-8,10H2,1H3. The summed E-state index contributed by atoms with van der Waals surface area (Å²) in [6.07, 6.45) is 4.93. The average Bonchev–Trinajstić information content (AvgIpc) is 2.80. The molecule has 0 saturated carbocycles. The summed E-state index contributed by atoms with van der Waals surface area (Å²) in [6.45, 7) is 4.89. The number of aromatic nitrogens is 2. The fourth-order valence-corrected chi connectivity index (χ4v) is 1.94. The minimum absolute atomic E-state index is 0.772. The van der Waals surface area contributed by atoms with Gasteiger partial charge in [-0.25, -0.2) is 4.98 Å². The first-order chi connectivity index (χ1) is 8.79. The van der Waals surface area contributed by atoms with Crippen molar-refractivity contribution in [3.63, 3.8) is 0 Å². The molecule has 3 nitrogen and oxygen atoms in total. The molecule has 2 rings (SSSR count). The number of rotatable bonds is 6. The molecular formula is C14H18ClN3. The lowest BCUT2D eigenvalue weighted by Crippen LogP contribution is -2.16. The lowest BCUT2D eigenvalue weighted by Gasteiger charge is -2.09. The summed E-state index contributed by atoms with van der Waals surface area (Å²) in [5, 5.41) is 4.16. The summed E-state index contributed by atoms with van der Waals surface area (Å²) in [7, 11) is 0. The van der Waals surface area contributed by atoms with Crippen LogP contribution in [0.1, 0.15) is 24.6 Å². The third-order valence-electron chi connectivity index (χ3n) is 2.80. The van der Waals surface area contributed by atoms with E-state index in [1.807, 2.05) is 36.8 Å². The first-order valence-corrected chi connectivity index (χ1v) is 6.61. The average molecular weight is 264 g/mol. The second-order valence-corrected chi connectivity index (χ2v) is 4.75. The monoisotopic (exact) mass is 263 g/mol. The maximum atomic E-state index is 5.88. The molecule has 0 aliphatic heterocycles. The quantitative estimate of drug-likeness (QED) is 0.812. The van der Waals surface area contributed by atoms with Crippen LogP contribution in [-0.4, -0.2) is 16.1 Å². The molecule has 1 heterocycles. The predicted octanol–water partition coefficient (Wildman–Crippen LogP) is 3.08. The van der Waals surface area contributed by atoms with E-state index >= 15 is 0 Å². The van der Waals surface area contributed by atoms with Gasteiger partial charge in [0.15, 0.2) is 0 Å². The lowest BCUT2D eigenvalue weighted by atomic mass is 10.2. The zero-order valence-electron chi connectivity index (χ0n) is 10.6.